The molecule has 4 radical (unpaired) electrons. The third-order valence-electron chi connectivity index (χ3n) is 2.84. The van der Waals surface area contributed by atoms with Crippen LogP contribution in [0.1, 0.15) is 15.9 Å². The molecule has 22 heavy (non-hydrogen) atoms. The summed E-state index contributed by atoms with van der Waals surface area (Å²) in [6.07, 6.45) is 0. The molecular formula is C14H12O6PbS. The van der Waals surface area contributed by atoms with Crippen molar-refractivity contribution in [3.8, 4) is 11.5 Å². The van der Waals surface area contributed by atoms with Crippen molar-refractivity contribution in [1.29, 1.82) is 0 Å². The predicted octanol–water partition coefficient (Wildman–Crippen LogP) is 1.50. The number of ether oxygens (including phenoxy) is 1. The second-order valence-electron chi connectivity index (χ2n) is 4.19. The average molecular weight is 516 g/mol. The maximum Gasteiger partial charge on any atom is 0.298 e. The molecule has 0 aromatic heterocycles. The van der Waals surface area contributed by atoms with E-state index < -0.39 is 26.5 Å². The van der Waals surface area contributed by atoms with Crippen LogP contribution >= 0.6 is 0 Å². The van der Waals surface area contributed by atoms with Gasteiger partial charge in [0.1, 0.15) is 16.4 Å². The van der Waals surface area contributed by atoms with Crippen molar-refractivity contribution in [3.05, 3.63) is 53.6 Å². The maximum absolute atomic E-state index is 12.3. The number of ketones is 1. The molecule has 0 atom stereocenters. The fourth-order valence-electron chi connectivity index (χ4n) is 1.84. The van der Waals surface area contributed by atoms with Gasteiger partial charge in [-0.05, 0) is 6.07 Å². The molecule has 0 bridgehead atoms. The summed E-state index contributed by atoms with van der Waals surface area (Å²) in [6.45, 7) is 0. The van der Waals surface area contributed by atoms with Gasteiger partial charge in [-0.15, -0.1) is 0 Å². The first-order valence-electron chi connectivity index (χ1n) is 5.83. The molecule has 0 saturated heterocycles. The molecular weight excluding hydrogens is 503 g/mol. The van der Waals surface area contributed by atoms with Crippen LogP contribution in [-0.2, 0) is 10.1 Å². The van der Waals surface area contributed by atoms with Crippen LogP contribution in [0.2, 0.25) is 0 Å². The third kappa shape index (κ3) is 3.84. The van der Waals surface area contributed by atoms with Crippen LogP contribution in [0.25, 0.3) is 0 Å². The van der Waals surface area contributed by atoms with Gasteiger partial charge >= 0.3 is 0 Å². The van der Waals surface area contributed by atoms with E-state index in [1.165, 1.54) is 19.2 Å². The summed E-state index contributed by atoms with van der Waals surface area (Å²) in [5.41, 5.74) is 0.0360. The molecule has 0 spiro atoms. The van der Waals surface area contributed by atoms with E-state index in [-0.39, 0.29) is 44.2 Å². The van der Waals surface area contributed by atoms with Crippen LogP contribution < -0.4 is 4.74 Å². The van der Waals surface area contributed by atoms with Gasteiger partial charge in [0.2, 0.25) is 0 Å². The molecule has 0 fully saturated rings. The molecule has 0 amide bonds. The molecule has 0 unspecified atom stereocenters. The van der Waals surface area contributed by atoms with Crippen LogP contribution in [-0.4, -0.2) is 58.3 Å². The van der Waals surface area contributed by atoms with Gasteiger partial charge in [-0.3, -0.25) is 9.35 Å². The zero-order valence-corrected chi connectivity index (χ0v) is 16.2. The Morgan fingerprint density at radius 2 is 1.73 bits per heavy atom. The molecule has 114 valence electrons. The van der Waals surface area contributed by atoms with Gasteiger partial charge in [0, 0.05) is 38.9 Å². The van der Waals surface area contributed by atoms with E-state index in [4.69, 9.17) is 9.29 Å². The number of methoxy groups -OCH3 is 1. The summed E-state index contributed by atoms with van der Waals surface area (Å²) < 4.78 is 36.6. The smallest absolute Gasteiger partial charge is 0.298 e. The molecule has 0 saturated carbocycles. The van der Waals surface area contributed by atoms with E-state index in [2.05, 4.69) is 0 Å². The third-order valence-corrected chi connectivity index (χ3v) is 3.72. The van der Waals surface area contributed by atoms with Gasteiger partial charge in [0.15, 0.2) is 5.78 Å². The SMILES string of the molecule is COc1cc(O)c(C(=O)c2ccccc2)cc1S(=O)(=O)O.[Pb]. The zero-order valence-electron chi connectivity index (χ0n) is 11.5. The number of hydrogen-bond acceptors (Lipinski definition) is 5. The summed E-state index contributed by atoms with van der Waals surface area (Å²) in [7, 11) is -3.41. The van der Waals surface area contributed by atoms with E-state index >= 15 is 0 Å². The monoisotopic (exact) mass is 516 g/mol. The fourth-order valence-corrected chi connectivity index (χ4v) is 2.50. The number of hydrogen-bond donors (Lipinski definition) is 2. The standard InChI is InChI=1S/C14H12O6S.Pb/c1-20-12-8-11(15)10(7-13(12)21(17,18)19)14(16)9-5-3-2-4-6-9;/h2-8,15H,1H3,(H,17,18,19);. The van der Waals surface area contributed by atoms with Gasteiger partial charge in [0.25, 0.3) is 10.1 Å². The van der Waals surface area contributed by atoms with Crippen molar-refractivity contribution in [3.63, 3.8) is 0 Å². The quantitative estimate of drug-likeness (QED) is 0.364. The Labute approximate surface area is 147 Å². The molecule has 0 heterocycles. The number of rotatable bonds is 4. The summed E-state index contributed by atoms with van der Waals surface area (Å²) in [5.74, 6) is -1.26. The predicted molar refractivity (Wildman–Crippen MR) is 80.1 cm³/mol. The number of phenols is 1. The summed E-state index contributed by atoms with van der Waals surface area (Å²) in [4.78, 5) is 11.7. The minimum Gasteiger partial charge on any atom is -0.507 e. The summed E-state index contributed by atoms with van der Waals surface area (Å²) >= 11 is 0. The average Bonchev–Trinajstić information content (AvgIpc) is 2.45. The summed E-state index contributed by atoms with van der Waals surface area (Å²) in [5, 5.41) is 9.87. The van der Waals surface area contributed by atoms with Crippen molar-refractivity contribution in [2.75, 3.05) is 7.11 Å². The molecule has 0 aliphatic rings. The number of phenolic OH excluding ortho intramolecular Hbond substituents is 1. The first kappa shape index (κ1) is 18.6. The van der Waals surface area contributed by atoms with E-state index in [9.17, 15) is 18.3 Å². The molecule has 2 aromatic carbocycles. The van der Waals surface area contributed by atoms with Crippen LogP contribution in [0.4, 0.5) is 0 Å². The first-order valence-corrected chi connectivity index (χ1v) is 7.27. The topological polar surface area (TPSA) is 101 Å². The minimum absolute atomic E-state index is 0. The van der Waals surface area contributed by atoms with E-state index in [0.29, 0.717) is 0 Å². The normalized spacial score (nSPS) is 10.6. The minimum atomic E-state index is -4.59. The molecule has 0 aliphatic carbocycles. The van der Waals surface area contributed by atoms with Gasteiger partial charge in [0.05, 0.1) is 12.7 Å². The Kier molecular flexibility index (Phi) is 6.09. The molecule has 2 rings (SSSR count). The molecule has 2 aromatic rings. The fraction of sp³-hybridized carbons (Fsp3) is 0.0714. The van der Waals surface area contributed by atoms with Gasteiger partial charge in [-0.1, -0.05) is 30.3 Å². The Morgan fingerprint density at radius 1 is 1.14 bits per heavy atom. The van der Waals surface area contributed by atoms with Gasteiger partial charge in [-0.2, -0.15) is 8.42 Å². The Balaban J connectivity index is 0.00000242. The largest absolute Gasteiger partial charge is 0.507 e. The van der Waals surface area contributed by atoms with E-state index in [1.54, 1.807) is 18.2 Å². The maximum atomic E-state index is 12.3. The zero-order chi connectivity index (χ0) is 15.6. The van der Waals surface area contributed by atoms with Crippen LogP contribution in [0.3, 0.4) is 0 Å². The molecule has 8 heteroatoms. The Morgan fingerprint density at radius 3 is 2.23 bits per heavy atom. The molecule has 6 nitrogen and oxygen atoms in total. The molecule has 0 aliphatic heterocycles. The summed E-state index contributed by atoms with van der Waals surface area (Å²) in [6, 6.07) is 9.90. The van der Waals surface area contributed by atoms with Crippen molar-refractivity contribution in [1.82, 2.24) is 0 Å². The first-order chi connectivity index (χ1) is 9.84. The Bertz CT molecular complexity index is 786. The number of carbonyl (C=O) groups excluding carboxylic acids is 1. The Hall–Kier alpha value is -1.46. The van der Waals surface area contributed by atoms with Crippen LogP contribution in [0, 0.1) is 0 Å². The van der Waals surface area contributed by atoms with Crippen LogP contribution in [0.5, 0.6) is 11.5 Å². The van der Waals surface area contributed by atoms with E-state index in [1.807, 2.05) is 0 Å². The van der Waals surface area contributed by atoms with E-state index in [0.717, 1.165) is 12.1 Å². The number of carbonyl (C=O) groups is 1. The van der Waals surface area contributed by atoms with Gasteiger partial charge in [-0.25, -0.2) is 0 Å². The van der Waals surface area contributed by atoms with Crippen molar-refractivity contribution in [2.24, 2.45) is 0 Å². The number of aromatic hydroxyl groups is 1. The second kappa shape index (κ2) is 7.20. The molecule has 2 N–H and O–H groups in total. The van der Waals surface area contributed by atoms with Crippen molar-refractivity contribution >= 4 is 43.2 Å². The van der Waals surface area contributed by atoms with Crippen molar-refractivity contribution < 1.29 is 27.6 Å². The van der Waals surface area contributed by atoms with Gasteiger partial charge < -0.3 is 9.84 Å². The number of benzene rings is 2. The van der Waals surface area contributed by atoms with Crippen LogP contribution in [0.15, 0.2) is 47.4 Å². The second-order valence-corrected chi connectivity index (χ2v) is 5.58. The van der Waals surface area contributed by atoms with Crippen molar-refractivity contribution in [2.45, 2.75) is 4.90 Å².